The molecule has 20 heavy (non-hydrogen) atoms. The third kappa shape index (κ3) is 1.59. The van der Waals surface area contributed by atoms with E-state index in [1.165, 1.54) is 24.3 Å². The van der Waals surface area contributed by atoms with Gasteiger partial charge in [-0.15, -0.1) is 0 Å². The summed E-state index contributed by atoms with van der Waals surface area (Å²) in [4.78, 5) is 11.8. The molecule has 3 aromatic rings. The highest BCUT2D eigenvalue weighted by atomic mass is 19.2. The maximum absolute atomic E-state index is 14.0. The average Bonchev–Trinajstić information content (AvgIpc) is 2.54. The molecule has 0 aliphatic rings. The average molecular weight is 278 g/mol. The third-order valence-electron chi connectivity index (χ3n) is 3.16. The van der Waals surface area contributed by atoms with Crippen LogP contribution in [0.1, 0.15) is 0 Å². The standard InChI is InChI=1S/C15H6F4O/c16-10-6-5-9-11(13(10)18)7-3-1-2-4-8(7)15(20)14(19)12(9)17/h1-6H. The highest BCUT2D eigenvalue weighted by Gasteiger charge is 2.18. The van der Waals surface area contributed by atoms with E-state index in [0.29, 0.717) is 6.07 Å². The van der Waals surface area contributed by atoms with E-state index in [-0.39, 0.29) is 10.8 Å². The second-order valence-corrected chi connectivity index (χ2v) is 4.29. The zero-order valence-electron chi connectivity index (χ0n) is 9.88. The van der Waals surface area contributed by atoms with Crippen LogP contribution in [-0.4, -0.2) is 0 Å². The van der Waals surface area contributed by atoms with Crippen LogP contribution >= 0.6 is 0 Å². The Labute approximate surface area is 110 Å². The van der Waals surface area contributed by atoms with E-state index < -0.39 is 39.5 Å². The minimum atomic E-state index is -1.61. The van der Waals surface area contributed by atoms with Gasteiger partial charge in [-0.1, -0.05) is 24.3 Å². The topological polar surface area (TPSA) is 17.1 Å². The fourth-order valence-corrected chi connectivity index (χ4v) is 2.23. The van der Waals surface area contributed by atoms with Crippen LogP contribution in [0.3, 0.4) is 0 Å². The SMILES string of the molecule is O=c1c(F)c(F)c2ccc(F)c(F)c2c2ccccc12. The maximum Gasteiger partial charge on any atom is 0.225 e. The smallest absolute Gasteiger partial charge is 0.225 e. The largest absolute Gasteiger partial charge is 0.286 e. The first-order valence-corrected chi connectivity index (χ1v) is 5.70. The Kier molecular flexibility index (Phi) is 2.71. The van der Waals surface area contributed by atoms with Crippen LogP contribution in [0.4, 0.5) is 17.6 Å². The number of hydrogen-bond donors (Lipinski definition) is 0. The first kappa shape index (κ1) is 12.6. The van der Waals surface area contributed by atoms with Crippen molar-refractivity contribution in [3.63, 3.8) is 0 Å². The Balaban J connectivity index is 2.84. The van der Waals surface area contributed by atoms with Gasteiger partial charge in [-0.2, -0.15) is 4.39 Å². The quantitative estimate of drug-likeness (QED) is 0.570. The van der Waals surface area contributed by atoms with Crippen molar-refractivity contribution in [2.45, 2.75) is 0 Å². The molecule has 5 heteroatoms. The molecule has 0 N–H and O–H groups in total. The van der Waals surface area contributed by atoms with Crippen molar-refractivity contribution >= 4 is 21.5 Å². The van der Waals surface area contributed by atoms with E-state index in [1.807, 2.05) is 0 Å². The van der Waals surface area contributed by atoms with Gasteiger partial charge in [0.1, 0.15) is 0 Å². The van der Waals surface area contributed by atoms with Crippen LogP contribution in [0.15, 0.2) is 41.2 Å². The molecule has 0 fully saturated rings. The van der Waals surface area contributed by atoms with Crippen LogP contribution in [0.25, 0.3) is 21.5 Å². The van der Waals surface area contributed by atoms with Crippen LogP contribution < -0.4 is 5.43 Å². The van der Waals surface area contributed by atoms with Crippen LogP contribution in [0.2, 0.25) is 0 Å². The van der Waals surface area contributed by atoms with Crippen molar-refractivity contribution < 1.29 is 17.6 Å². The monoisotopic (exact) mass is 278 g/mol. The van der Waals surface area contributed by atoms with Gasteiger partial charge < -0.3 is 0 Å². The molecule has 0 saturated heterocycles. The second kappa shape index (κ2) is 4.30. The molecular formula is C15H6F4O. The fourth-order valence-electron chi connectivity index (χ4n) is 2.23. The molecule has 0 amide bonds. The predicted octanol–water partition coefficient (Wildman–Crippen LogP) is 3.91. The van der Waals surface area contributed by atoms with E-state index in [9.17, 15) is 22.4 Å². The van der Waals surface area contributed by atoms with Gasteiger partial charge in [-0.3, -0.25) is 4.79 Å². The third-order valence-corrected chi connectivity index (χ3v) is 3.16. The predicted molar refractivity (Wildman–Crippen MR) is 67.6 cm³/mol. The normalized spacial score (nSPS) is 11.2. The van der Waals surface area contributed by atoms with Gasteiger partial charge in [0.05, 0.1) is 0 Å². The van der Waals surface area contributed by atoms with Crippen molar-refractivity contribution in [3.05, 3.63) is 69.9 Å². The number of rotatable bonds is 0. The molecule has 3 aromatic carbocycles. The Morgan fingerprint density at radius 2 is 1.30 bits per heavy atom. The van der Waals surface area contributed by atoms with E-state index in [2.05, 4.69) is 0 Å². The lowest BCUT2D eigenvalue weighted by Crippen LogP contribution is -2.04. The summed E-state index contributed by atoms with van der Waals surface area (Å²) in [6, 6.07) is 7.08. The summed E-state index contributed by atoms with van der Waals surface area (Å²) in [5, 5.41) is -1.16. The Bertz CT molecular complexity index is 919. The van der Waals surface area contributed by atoms with Crippen molar-refractivity contribution in [1.29, 1.82) is 0 Å². The number of benzene rings is 2. The Morgan fingerprint density at radius 3 is 2.00 bits per heavy atom. The number of fused-ring (bicyclic) bond motifs is 3. The minimum Gasteiger partial charge on any atom is -0.286 e. The number of hydrogen-bond acceptors (Lipinski definition) is 1. The molecule has 0 atom stereocenters. The zero-order valence-corrected chi connectivity index (χ0v) is 9.88. The summed E-state index contributed by atoms with van der Waals surface area (Å²) >= 11 is 0. The molecule has 0 aromatic heterocycles. The zero-order chi connectivity index (χ0) is 14.4. The highest BCUT2D eigenvalue weighted by molar-refractivity contribution is 6.06. The van der Waals surface area contributed by atoms with Crippen LogP contribution in [0, 0.1) is 23.3 Å². The van der Waals surface area contributed by atoms with Gasteiger partial charge in [0.2, 0.25) is 11.2 Å². The summed E-state index contributed by atoms with van der Waals surface area (Å²) < 4.78 is 55.0. The van der Waals surface area contributed by atoms with Gasteiger partial charge in [-0.25, -0.2) is 13.2 Å². The van der Waals surface area contributed by atoms with Gasteiger partial charge >= 0.3 is 0 Å². The van der Waals surface area contributed by atoms with Crippen molar-refractivity contribution in [2.24, 2.45) is 0 Å². The summed E-state index contributed by atoms with van der Waals surface area (Å²) in [6.45, 7) is 0. The Hall–Kier alpha value is -2.43. The van der Waals surface area contributed by atoms with E-state index in [0.717, 1.165) is 6.07 Å². The van der Waals surface area contributed by atoms with Gasteiger partial charge in [0.15, 0.2) is 17.5 Å². The molecule has 0 bridgehead atoms. The molecule has 0 unspecified atom stereocenters. The van der Waals surface area contributed by atoms with E-state index >= 15 is 0 Å². The molecule has 0 aliphatic carbocycles. The summed E-state index contributed by atoms with van der Waals surface area (Å²) in [6.07, 6.45) is 0. The molecule has 0 aliphatic heterocycles. The van der Waals surface area contributed by atoms with Crippen molar-refractivity contribution in [1.82, 2.24) is 0 Å². The molecule has 1 nitrogen and oxygen atoms in total. The highest BCUT2D eigenvalue weighted by Crippen LogP contribution is 2.28. The van der Waals surface area contributed by atoms with Crippen molar-refractivity contribution in [2.75, 3.05) is 0 Å². The minimum absolute atomic E-state index is 0.0349. The summed E-state index contributed by atoms with van der Waals surface area (Å²) in [5.74, 6) is -5.60. The lowest BCUT2D eigenvalue weighted by Gasteiger charge is -2.00. The lowest BCUT2D eigenvalue weighted by atomic mass is 10.1. The molecule has 3 rings (SSSR count). The Morgan fingerprint density at radius 1 is 0.650 bits per heavy atom. The maximum atomic E-state index is 14.0. The van der Waals surface area contributed by atoms with Gasteiger partial charge in [-0.05, 0) is 17.5 Å². The van der Waals surface area contributed by atoms with Gasteiger partial charge in [0, 0.05) is 16.2 Å². The van der Waals surface area contributed by atoms with Crippen LogP contribution in [-0.2, 0) is 0 Å². The number of halogens is 4. The summed E-state index contributed by atoms with van der Waals surface area (Å²) in [7, 11) is 0. The lowest BCUT2D eigenvalue weighted by molar-refractivity contribution is 0.508. The van der Waals surface area contributed by atoms with Crippen LogP contribution in [0.5, 0.6) is 0 Å². The van der Waals surface area contributed by atoms with E-state index in [4.69, 9.17) is 0 Å². The van der Waals surface area contributed by atoms with Gasteiger partial charge in [0.25, 0.3) is 0 Å². The fraction of sp³-hybridized carbons (Fsp3) is 0. The molecular weight excluding hydrogens is 272 g/mol. The molecule has 100 valence electrons. The summed E-state index contributed by atoms with van der Waals surface area (Å²) in [5.41, 5.74) is -1.19. The first-order valence-electron chi connectivity index (χ1n) is 5.70. The molecule has 0 saturated carbocycles. The van der Waals surface area contributed by atoms with Crippen molar-refractivity contribution in [3.8, 4) is 0 Å². The molecule has 0 heterocycles. The first-order chi connectivity index (χ1) is 9.52. The molecule has 0 spiro atoms. The second-order valence-electron chi connectivity index (χ2n) is 4.29. The molecule has 0 radical (unpaired) electrons. The van der Waals surface area contributed by atoms with E-state index in [1.54, 1.807) is 0 Å².